The third-order valence-corrected chi connectivity index (χ3v) is 2.16. The van der Waals surface area contributed by atoms with Crippen LogP contribution in [0.3, 0.4) is 0 Å². The van der Waals surface area contributed by atoms with Gasteiger partial charge < -0.3 is 0 Å². The lowest BCUT2D eigenvalue weighted by molar-refractivity contribution is 0.801. The van der Waals surface area contributed by atoms with Gasteiger partial charge in [-0.3, -0.25) is 9.89 Å². The summed E-state index contributed by atoms with van der Waals surface area (Å²) >= 11 is 0. The maximum absolute atomic E-state index is 11.7. The van der Waals surface area contributed by atoms with Crippen molar-refractivity contribution in [3.63, 3.8) is 0 Å². The Bertz CT molecular complexity index is 497. The van der Waals surface area contributed by atoms with Gasteiger partial charge in [0.05, 0.1) is 0 Å². The number of aromatic amines is 1. The minimum atomic E-state index is -0.0683. The highest BCUT2D eigenvalue weighted by atomic mass is 16.1. The van der Waals surface area contributed by atoms with Crippen LogP contribution in [0, 0.1) is 13.8 Å². The number of H-pyrrole nitrogens is 1. The van der Waals surface area contributed by atoms with Crippen LogP contribution in [0.25, 0.3) is 5.82 Å². The van der Waals surface area contributed by atoms with E-state index >= 15 is 0 Å². The molecular formula is C9H10N4O. The van der Waals surface area contributed by atoms with Crippen LogP contribution in [0.5, 0.6) is 0 Å². The summed E-state index contributed by atoms with van der Waals surface area (Å²) < 4.78 is 1.41. The van der Waals surface area contributed by atoms with Crippen molar-refractivity contribution in [3.05, 3.63) is 40.2 Å². The highest BCUT2D eigenvalue weighted by Crippen LogP contribution is 2.01. The van der Waals surface area contributed by atoms with Crippen LogP contribution >= 0.6 is 0 Å². The molecule has 0 aliphatic rings. The second-order valence-corrected chi connectivity index (χ2v) is 3.07. The highest BCUT2D eigenvalue weighted by molar-refractivity contribution is 5.23. The number of aromatic nitrogens is 4. The van der Waals surface area contributed by atoms with Crippen molar-refractivity contribution in [1.29, 1.82) is 0 Å². The van der Waals surface area contributed by atoms with E-state index in [2.05, 4.69) is 15.1 Å². The molecule has 0 amide bonds. The second kappa shape index (κ2) is 3.10. The van der Waals surface area contributed by atoms with E-state index in [0.717, 1.165) is 5.69 Å². The normalized spacial score (nSPS) is 10.4. The fraction of sp³-hybridized carbons (Fsp3) is 0.222. The molecule has 2 aromatic heterocycles. The molecule has 0 saturated heterocycles. The van der Waals surface area contributed by atoms with Crippen molar-refractivity contribution in [2.75, 3.05) is 0 Å². The monoisotopic (exact) mass is 190 g/mol. The standard InChI is InChI=1S/C9H10N4O/c1-6-7(2)12-13(9(6)14)8-3-4-10-5-11-8/h3-5,12H,1-2H3. The van der Waals surface area contributed by atoms with Gasteiger partial charge in [-0.2, -0.15) is 0 Å². The molecule has 1 N–H and O–H groups in total. The second-order valence-electron chi connectivity index (χ2n) is 3.07. The average molecular weight is 190 g/mol. The molecule has 2 aromatic rings. The summed E-state index contributed by atoms with van der Waals surface area (Å²) in [5.74, 6) is 0.557. The third-order valence-electron chi connectivity index (χ3n) is 2.16. The topological polar surface area (TPSA) is 63.6 Å². The van der Waals surface area contributed by atoms with Gasteiger partial charge in [-0.25, -0.2) is 14.6 Å². The van der Waals surface area contributed by atoms with Crippen molar-refractivity contribution >= 4 is 0 Å². The molecule has 14 heavy (non-hydrogen) atoms. The van der Waals surface area contributed by atoms with Crippen LogP contribution in [0.15, 0.2) is 23.4 Å². The fourth-order valence-electron chi connectivity index (χ4n) is 1.21. The molecule has 5 nitrogen and oxygen atoms in total. The molecule has 0 atom stereocenters. The molecule has 2 heterocycles. The van der Waals surface area contributed by atoms with E-state index in [0.29, 0.717) is 11.4 Å². The molecule has 0 aliphatic carbocycles. The lowest BCUT2D eigenvalue weighted by Crippen LogP contribution is -2.16. The predicted octanol–water partition coefficient (Wildman–Crippen LogP) is 0.572. The largest absolute Gasteiger partial charge is 0.294 e. The van der Waals surface area contributed by atoms with E-state index in [1.807, 2.05) is 6.92 Å². The molecule has 2 rings (SSSR count). The van der Waals surface area contributed by atoms with Crippen molar-refractivity contribution in [2.45, 2.75) is 13.8 Å². The smallest absolute Gasteiger partial charge is 0.275 e. The number of rotatable bonds is 1. The zero-order chi connectivity index (χ0) is 10.1. The third kappa shape index (κ3) is 1.22. The van der Waals surface area contributed by atoms with Crippen LogP contribution < -0.4 is 5.56 Å². The van der Waals surface area contributed by atoms with Crippen LogP contribution in [0.1, 0.15) is 11.3 Å². The SMILES string of the molecule is Cc1[nH]n(-c2ccncn2)c(=O)c1C. The Morgan fingerprint density at radius 2 is 2.21 bits per heavy atom. The van der Waals surface area contributed by atoms with E-state index < -0.39 is 0 Å². The summed E-state index contributed by atoms with van der Waals surface area (Å²) in [5, 5.41) is 2.94. The number of hydrogen-bond acceptors (Lipinski definition) is 3. The lowest BCUT2D eigenvalue weighted by atomic mass is 10.3. The molecule has 0 unspecified atom stereocenters. The van der Waals surface area contributed by atoms with Crippen LogP contribution in [-0.4, -0.2) is 19.7 Å². The summed E-state index contributed by atoms with van der Waals surface area (Å²) in [7, 11) is 0. The minimum absolute atomic E-state index is 0.0683. The first kappa shape index (κ1) is 8.68. The van der Waals surface area contributed by atoms with E-state index in [-0.39, 0.29) is 5.56 Å². The molecule has 0 radical (unpaired) electrons. The molecule has 0 fully saturated rings. The van der Waals surface area contributed by atoms with E-state index in [1.165, 1.54) is 11.0 Å². The van der Waals surface area contributed by atoms with Gasteiger partial charge in [-0.05, 0) is 13.8 Å². The summed E-state index contributed by atoms with van der Waals surface area (Å²) in [6.07, 6.45) is 3.01. The van der Waals surface area contributed by atoms with Gasteiger partial charge in [0.1, 0.15) is 6.33 Å². The van der Waals surface area contributed by atoms with Crippen LogP contribution in [0.4, 0.5) is 0 Å². The van der Waals surface area contributed by atoms with Crippen molar-refractivity contribution in [1.82, 2.24) is 19.7 Å². The highest BCUT2D eigenvalue weighted by Gasteiger charge is 2.07. The molecular weight excluding hydrogens is 180 g/mol. The van der Waals surface area contributed by atoms with E-state index in [9.17, 15) is 4.79 Å². The summed E-state index contributed by atoms with van der Waals surface area (Å²) in [6.45, 7) is 3.64. The Kier molecular flexibility index (Phi) is 1.92. The Labute approximate surface area is 80.4 Å². The molecule has 72 valence electrons. The number of hydrogen-bond donors (Lipinski definition) is 1. The minimum Gasteiger partial charge on any atom is -0.294 e. The van der Waals surface area contributed by atoms with Crippen molar-refractivity contribution < 1.29 is 0 Å². The van der Waals surface area contributed by atoms with Gasteiger partial charge in [0.2, 0.25) is 0 Å². The van der Waals surface area contributed by atoms with Gasteiger partial charge in [-0.1, -0.05) is 0 Å². The van der Waals surface area contributed by atoms with Crippen molar-refractivity contribution in [2.24, 2.45) is 0 Å². The van der Waals surface area contributed by atoms with Gasteiger partial charge >= 0.3 is 0 Å². The molecule has 0 saturated carbocycles. The quantitative estimate of drug-likeness (QED) is 0.715. The zero-order valence-electron chi connectivity index (χ0n) is 7.98. The molecule has 0 aliphatic heterocycles. The number of nitrogens with one attached hydrogen (secondary N) is 1. The lowest BCUT2D eigenvalue weighted by Gasteiger charge is -1.97. The first-order valence-electron chi connectivity index (χ1n) is 4.25. The number of aryl methyl sites for hydroxylation is 1. The van der Waals surface area contributed by atoms with Gasteiger partial charge in [0.15, 0.2) is 5.82 Å². The van der Waals surface area contributed by atoms with Gasteiger partial charge in [0.25, 0.3) is 5.56 Å². The first-order valence-corrected chi connectivity index (χ1v) is 4.25. The Morgan fingerprint density at radius 3 is 2.71 bits per heavy atom. The summed E-state index contributed by atoms with van der Waals surface area (Å²) in [4.78, 5) is 19.4. The maximum atomic E-state index is 11.7. The van der Waals surface area contributed by atoms with Crippen LogP contribution in [0.2, 0.25) is 0 Å². The zero-order valence-corrected chi connectivity index (χ0v) is 7.98. The maximum Gasteiger partial charge on any atom is 0.275 e. The van der Waals surface area contributed by atoms with Crippen LogP contribution in [-0.2, 0) is 0 Å². The molecule has 5 heteroatoms. The van der Waals surface area contributed by atoms with E-state index in [1.54, 1.807) is 19.2 Å². The van der Waals surface area contributed by atoms with Gasteiger partial charge in [-0.15, -0.1) is 0 Å². The first-order chi connectivity index (χ1) is 6.70. The fourth-order valence-corrected chi connectivity index (χ4v) is 1.21. The molecule has 0 spiro atoms. The Balaban J connectivity index is 2.64. The van der Waals surface area contributed by atoms with Crippen molar-refractivity contribution in [3.8, 4) is 5.82 Å². The number of nitrogens with zero attached hydrogens (tertiary/aromatic N) is 3. The predicted molar refractivity (Wildman–Crippen MR) is 51.5 cm³/mol. The molecule has 0 aromatic carbocycles. The van der Waals surface area contributed by atoms with E-state index in [4.69, 9.17) is 0 Å². The average Bonchev–Trinajstić information content (AvgIpc) is 2.47. The molecule has 0 bridgehead atoms. The van der Waals surface area contributed by atoms with Gasteiger partial charge in [0, 0.05) is 23.5 Å². The summed E-state index contributed by atoms with van der Waals surface area (Å²) in [5.41, 5.74) is 1.50. The Hall–Kier alpha value is -1.91. The summed E-state index contributed by atoms with van der Waals surface area (Å²) in [6, 6.07) is 1.68. The Morgan fingerprint density at radius 1 is 1.43 bits per heavy atom.